The van der Waals surface area contributed by atoms with Gasteiger partial charge in [-0.05, 0) is 6.92 Å². The second-order valence-electron chi connectivity index (χ2n) is 3.39. The smallest absolute Gasteiger partial charge is 0.333 e. The predicted octanol–water partition coefficient (Wildman–Crippen LogP) is 1.10. The van der Waals surface area contributed by atoms with E-state index in [9.17, 15) is 13.6 Å². The lowest BCUT2D eigenvalue weighted by Crippen LogP contribution is -2.21. The number of halogens is 2. The van der Waals surface area contributed by atoms with Gasteiger partial charge in [-0.25, -0.2) is 13.6 Å². The fraction of sp³-hybridized carbons (Fsp3) is 0.667. The number of alkyl halides is 2. The van der Waals surface area contributed by atoms with Gasteiger partial charge >= 0.3 is 5.97 Å². The Bertz CT molecular complexity index is 264. The van der Waals surface area contributed by atoms with Crippen LogP contribution in [-0.2, 0) is 9.53 Å². The molecule has 1 atom stereocenters. The third-order valence-corrected chi connectivity index (χ3v) is 2.10. The van der Waals surface area contributed by atoms with E-state index in [1.54, 1.807) is 6.92 Å². The van der Waals surface area contributed by atoms with Crippen LogP contribution in [0.25, 0.3) is 0 Å². The molecular weight excluding hydrogens is 192 g/mol. The van der Waals surface area contributed by atoms with E-state index >= 15 is 0 Å². The van der Waals surface area contributed by atoms with Crippen molar-refractivity contribution < 1.29 is 18.3 Å². The Morgan fingerprint density at radius 2 is 2.29 bits per heavy atom. The van der Waals surface area contributed by atoms with Crippen molar-refractivity contribution >= 4 is 5.97 Å². The quantitative estimate of drug-likeness (QED) is 0.542. The molecule has 0 amide bonds. The Kier molecular flexibility index (Phi) is 3.21. The second kappa shape index (κ2) is 4.04. The number of hydrogen-bond donors (Lipinski definition) is 1. The first-order chi connectivity index (χ1) is 6.44. The first-order valence-corrected chi connectivity index (χ1v) is 4.32. The highest BCUT2D eigenvalue weighted by atomic mass is 19.3. The summed E-state index contributed by atoms with van der Waals surface area (Å²) in [5.41, 5.74) is 0.350. The van der Waals surface area contributed by atoms with Gasteiger partial charge in [-0.15, -0.1) is 0 Å². The first-order valence-electron chi connectivity index (χ1n) is 4.32. The highest BCUT2D eigenvalue weighted by Gasteiger charge is 2.38. The minimum atomic E-state index is -2.67. The molecule has 3 nitrogen and oxygen atoms in total. The van der Waals surface area contributed by atoms with Gasteiger partial charge in [-0.3, -0.25) is 0 Å². The molecule has 5 heteroatoms. The number of nitrogens with one attached hydrogen (secondary N) is 1. The van der Waals surface area contributed by atoms with Gasteiger partial charge in [0.25, 0.3) is 5.92 Å². The molecule has 0 aliphatic carbocycles. The zero-order valence-electron chi connectivity index (χ0n) is 8.14. The van der Waals surface area contributed by atoms with Crippen molar-refractivity contribution in [1.29, 1.82) is 0 Å². The second-order valence-corrected chi connectivity index (χ2v) is 3.39. The lowest BCUT2D eigenvalue weighted by molar-refractivity contribution is -0.136. The predicted molar refractivity (Wildman–Crippen MR) is 47.1 cm³/mol. The van der Waals surface area contributed by atoms with Crippen LogP contribution in [0.3, 0.4) is 0 Å². The number of methoxy groups -OCH3 is 1. The molecule has 1 heterocycles. The molecule has 0 unspecified atom stereocenters. The summed E-state index contributed by atoms with van der Waals surface area (Å²) < 4.78 is 29.9. The summed E-state index contributed by atoms with van der Waals surface area (Å²) in [6.07, 6.45) is 1.22. The number of esters is 1. The highest BCUT2D eigenvalue weighted by molar-refractivity contribution is 5.87. The zero-order valence-corrected chi connectivity index (χ0v) is 8.14. The normalized spacial score (nSPS) is 26.3. The Labute approximate surface area is 81.1 Å². The number of ether oxygens (including phenoxy) is 1. The Morgan fingerprint density at radius 1 is 1.64 bits per heavy atom. The van der Waals surface area contributed by atoms with Crippen LogP contribution in [0.2, 0.25) is 0 Å². The third kappa shape index (κ3) is 2.77. The number of carbonyl (C=O) groups is 1. The van der Waals surface area contributed by atoms with Gasteiger partial charge in [0.2, 0.25) is 0 Å². The van der Waals surface area contributed by atoms with Crippen molar-refractivity contribution in [2.45, 2.75) is 25.3 Å². The molecule has 0 aromatic carbocycles. The maximum atomic E-state index is 12.7. The van der Waals surface area contributed by atoms with E-state index in [2.05, 4.69) is 10.1 Å². The monoisotopic (exact) mass is 205 g/mol. The summed E-state index contributed by atoms with van der Waals surface area (Å²) in [6.45, 7) is 1.21. The van der Waals surface area contributed by atoms with Crippen LogP contribution in [0.15, 0.2) is 11.6 Å². The highest BCUT2D eigenvalue weighted by Crippen LogP contribution is 2.26. The van der Waals surface area contributed by atoms with Gasteiger partial charge in [0.1, 0.15) is 0 Å². The van der Waals surface area contributed by atoms with Crippen LogP contribution in [0.5, 0.6) is 0 Å². The molecule has 0 saturated carbocycles. The van der Waals surface area contributed by atoms with Crippen molar-refractivity contribution in [2.75, 3.05) is 13.7 Å². The van der Waals surface area contributed by atoms with Crippen LogP contribution < -0.4 is 5.32 Å². The van der Waals surface area contributed by atoms with E-state index in [0.29, 0.717) is 5.57 Å². The summed E-state index contributed by atoms with van der Waals surface area (Å²) in [4.78, 5) is 11.0. The topological polar surface area (TPSA) is 38.3 Å². The average molecular weight is 205 g/mol. The molecule has 80 valence electrons. The van der Waals surface area contributed by atoms with Crippen molar-refractivity contribution in [3.8, 4) is 0 Å². The summed E-state index contributed by atoms with van der Waals surface area (Å²) >= 11 is 0. The average Bonchev–Trinajstić information content (AvgIpc) is 2.44. The molecule has 1 N–H and O–H groups in total. The lowest BCUT2D eigenvalue weighted by Gasteiger charge is -2.06. The molecule has 1 rings (SSSR count). The van der Waals surface area contributed by atoms with E-state index < -0.39 is 17.9 Å². The Balaban J connectivity index is 2.57. The molecule has 0 aromatic rings. The first kappa shape index (κ1) is 11.1. The molecule has 1 aliphatic rings. The van der Waals surface area contributed by atoms with E-state index in [4.69, 9.17) is 0 Å². The van der Waals surface area contributed by atoms with Gasteiger partial charge in [0.05, 0.1) is 13.7 Å². The van der Waals surface area contributed by atoms with Crippen LogP contribution >= 0.6 is 0 Å². The molecule has 1 saturated heterocycles. The number of carbonyl (C=O) groups excluding carboxylic acids is 1. The summed E-state index contributed by atoms with van der Waals surface area (Å²) in [5.74, 6) is -3.15. The van der Waals surface area contributed by atoms with E-state index in [-0.39, 0.29) is 13.0 Å². The van der Waals surface area contributed by atoms with E-state index in [1.807, 2.05) is 0 Å². The van der Waals surface area contributed by atoms with Gasteiger partial charge in [-0.1, -0.05) is 6.08 Å². The molecule has 1 fully saturated rings. The molecule has 14 heavy (non-hydrogen) atoms. The Hall–Kier alpha value is -0.970. The van der Waals surface area contributed by atoms with Gasteiger partial charge in [-0.2, -0.15) is 0 Å². The molecule has 1 aliphatic heterocycles. The molecule has 0 radical (unpaired) electrons. The van der Waals surface area contributed by atoms with Crippen molar-refractivity contribution in [1.82, 2.24) is 5.32 Å². The largest absolute Gasteiger partial charge is 0.466 e. The van der Waals surface area contributed by atoms with Gasteiger partial charge in [0.15, 0.2) is 0 Å². The molecular formula is C9H13F2NO2. The number of rotatable bonds is 2. The van der Waals surface area contributed by atoms with E-state index in [1.165, 1.54) is 13.2 Å². The van der Waals surface area contributed by atoms with Crippen molar-refractivity contribution in [2.24, 2.45) is 0 Å². The molecule has 0 aromatic heterocycles. The Morgan fingerprint density at radius 3 is 2.71 bits per heavy atom. The lowest BCUT2D eigenvalue weighted by atomic mass is 10.1. The standard InChI is InChI=1S/C9H13F2NO2/c1-6(8(13)14-2)3-7-4-9(10,11)5-12-7/h3,7,12H,4-5H2,1-2H3/t7-/m0/s1. The molecule has 0 bridgehead atoms. The summed E-state index contributed by atoms with van der Waals surface area (Å²) in [5, 5.41) is 2.62. The van der Waals surface area contributed by atoms with Crippen LogP contribution in [-0.4, -0.2) is 31.6 Å². The minimum absolute atomic E-state index is 0.263. The van der Waals surface area contributed by atoms with Gasteiger partial charge < -0.3 is 10.1 Å². The number of hydrogen-bond acceptors (Lipinski definition) is 3. The van der Waals surface area contributed by atoms with Crippen molar-refractivity contribution in [3.63, 3.8) is 0 Å². The van der Waals surface area contributed by atoms with Crippen LogP contribution in [0.4, 0.5) is 8.78 Å². The van der Waals surface area contributed by atoms with Crippen molar-refractivity contribution in [3.05, 3.63) is 11.6 Å². The van der Waals surface area contributed by atoms with Gasteiger partial charge in [0, 0.05) is 18.0 Å². The maximum Gasteiger partial charge on any atom is 0.333 e. The zero-order chi connectivity index (χ0) is 10.8. The maximum absolute atomic E-state index is 12.7. The SMILES string of the molecule is COC(=O)C(C)=C[C@H]1CC(F)(F)CN1. The fourth-order valence-corrected chi connectivity index (χ4v) is 1.40. The third-order valence-electron chi connectivity index (χ3n) is 2.10. The molecule has 0 spiro atoms. The van der Waals surface area contributed by atoms with Crippen LogP contribution in [0, 0.1) is 0 Å². The van der Waals surface area contributed by atoms with Crippen LogP contribution in [0.1, 0.15) is 13.3 Å². The summed E-state index contributed by atoms with van der Waals surface area (Å²) in [6, 6.07) is -0.441. The van der Waals surface area contributed by atoms with E-state index in [0.717, 1.165) is 0 Å². The summed E-state index contributed by atoms with van der Waals surface area (Å²) in [7, 11) is 1.26. The fourth-order valence-electron chi connectivity index (χ4n) is 1.40. The minimum Gasteiger partial charge on any atom is -0.466 e.